The Balaban J connectivity index is 2.97. The van der Waals surface area contributed by atoms with Crippen molar-refractivity contribution in [2.45, 2.75) is 13.2 Å². The molecule has 0 fully saturated rings. The second kappa shape index (κ2) is 6.98. The number of carbonyl (C=O) groups excluding carboxylic acids is 3. The van der Waals surface area contributed by atoms with Crippen molar-refractivity contribution in [3.63, 3.8) is 0 Å². The number of amides is 2. The van der Waals surface area contributed by atoms with Gasteiger partial charge in [0.1, 0.15) is 0 Å². The molecule has 0 spiro atoms. The molecular formula is C12H12N3O5. The molecule has 0 aliphatic rings. The zero-order valence-electron chi connectivity index (χ0n) is 10.8. The summed E-state index contributed by atoms with van der Waals surface area (Å²) in [5.41, 5.74) is 7.53. The molecule has 0 aliphatic heterocycles. The molecule has 105 valence electrons. The number of esters is 1. The van der Waals surface area contributed by atoms with Gasteiger partial charge < -0.3 is 9.47 Å². The van der Waals surface area contributed by atoms with E-state index < -0.39 is 24.2 Å². The maximum atomic E-state index is 11.0. The van der Waals surface area contributed by atoms with E-state index in [0.717, 1.165) is 7.11 Å². The number of rotatable bonds is 4. The highest BCUT2D eigenvalue weighted by Crippen LogP contribution is 2.20. The van der Waals surface area contributed by atoms with Crippen LogP contribution in [0.3, 0.4) is 0 Å². The van der Waals surface area contributed by atoms with E-state index in [2.05, 4.69) is 15.0 Å². The van der Waals surface area contributed by atoms with Gasteiger partial charge in [-0.2, -0.15) is 0 Å². The van der Waals surface area contributed by atoms with Gasteiger partial charge in [-0.15, -0.1) is 5.11 Å². The van der Waals surface area contributed by atoms with Crippen LogP contribution in [-0.2, 0) is 14.3 Å². The van der Waals surface area contributed by atoms with Gasteiger partial charge in [-0.1, -0.05) is 17.2 Å². The van der Waals surface area contributed by atoms with Gasteiger partial charge >= 0.3 is 12.1 Å². The van der Waals surface area contributed by atoms with Crippen molar-refractivity contribution in [3.8, 4) is 0 Å². The van der Waals surface area contributed by atoms with Crippen LogP contribution >= 0.6 is 0 Å². The lowest BCUT2D eigenvalue weighted by atomic mass is 10.1. The van der Waals surface area contributed by atoms with E-state index >= 15 is 0 Å². The van der Waals surface area contributed by atoms with Gasteiger partial charge in [0.15, 0.2) is 0 Å². The number of carbonyl (C=O) groups is 3. The number of methoxy groups -OCH3 is 1. The van der Waals surface area contributed by atoms with E-state index in [-0.39, 0.29) is 5.56 Å². The first-order chi connectivity index (χ1) is 9.43. The molecule has 1 aromatic carbocycles. The molecule has 8 heteroatoms. The van der Waals surface area contributed by atoms with E-state index in [4.69, 9.17) is 10.5 Å². The van der Waals surface area contributed by atoms with Crippen LogP contribution in [0.1, 0.15) is 29.1 Å². The molecular weight excluding hydrogens is 266 g/mol. The zero-order valence-corrected chi connectivity index (χ0v) is 10.8. The van der Waals surface area contributed by atoms with Gasteiger partial charge in [0.25, 0.3) is 5.91 Å². The first-order valence-corrected chi connectivity index (χ1v) is 5.46. The summed E-state index contributed by atoms with van der Waals surface area (Å²) < 4.78 is 9.18. The number of hydrogen-bond donors (Lipinski definition) is 0. The second-order valence-corrected chi connectivity index (χ2v) is 3.60. The summed E-state index contributed by atoms with van der Waals surface area (Å²) in [4.78, 5) is 32.7. The summed E-state index contributed by atoms with van der Waals surface area (Å²) in [6.45, 7) is 1.18. The SMILES string of the molecule is COC(=O)N=NC(OC(C)=O)c1ccc(C([NH])=O)cc1. The molecule has 8 nitrogen and oxygen atoms in total. The summed E-state index contributed by atoms with van der Waals surface area (Å²) in [6, 6.07) is 5.67. The zero-order chi connectivity index (χ0) is 15.1. The van der Waals surface area contributed by atoms with Crippen LogP contribution in [0.25, 0.3) is 0 Å². The average Bonchev–Trinajstić information content (AvgIpc) is 2.42. The highest BCUT2D eigenvalue weighted by molar-refractivity contribution is 5.92. The third-order valence-corrected chi connectivity index (χ3v) is 2.15. The fourth-order valence-corrected chi connectivity index (χ4v) is 1.26. The van der Waals surface area contributed by atoms with Crippen molar-refractivity contribution in [2.75, 3.05) is 7.11 Å². The Morgan fingerprint density at radius 3 is 2.25 bits per heavy atom. The Labute approximate surface area is 114 Å². The molecule has 0 bridgehead atoms. The number of azo groups is 1. The molecule has 1 rings (SSSR count). The Morgan fingerprint density at radius 2 is 1.80 bits per heavy atom. The first-order valence-electron chi connectivity index (χ1n) is 5.46. The minimum atomic E-state index is -1.12. The highest BCUT2D eigenvalue weighted by atomic mass is 16.6. The minimum absolute atomic E-state index is 0.181. The fraction of sp³-hybridized carbons (Fsp3) is 0.250. The topological polar surface area (TPSA) is 118 Å². The summed E-state index contributed by atoms with van der Waals surface area (Å²) in [7, 11) is 1.14. The molecule has 1 radical (unpaired) electrons. The average molecular weight is 278 g/mol. The van der Waals surface area contributed by atoms with Crippen LogP contribution in [0.15, 0.2) is 34.5 Å². The van der Waals surface area contributed by atoms with Crippen LogP contribution in [0.2, 0.25) is 0 Å². The minimum Gasteiger partial charge on any atom is -0.450 e. The van der Waals surface area contributed by atoms with Crippen molar-refractivity contribution in [1.29, 1.82) is 0 Å². The van der Waals surface area contributed by atoms with E-state index in [1.54, 1.807) is 0 Å². The molecule has 0 saturated carbocycles. The summed E-state index contributed by atoms with van der Waals surface area (Å²) in [5.74, 6) is -1.45. The quantitative estimate of drug-likeness (QED) is 0.615. The lowest BCUT2D eigenvalue weighted by Crippen LogP contribution is -2.07. The summed E-state index contributed by atoms with van der Waals surface area (Å²) >= 11 is 0. The largest absolute Gasteiger partial charge is 0.451 e. The van der Waals surface area contributed by atoms with Crippen LogP contribution < -0.4 is 5.73 Å². The molecule has 0 aromatic heterocycles. The van der Waals surface area contributed by atoms with Gasteiger partial charge in [-0.05, 0) is 12.1 Å². The van der Waals surface area contributed by atoms with Crippen molar-refractivity contribution in [3.05, 3.63) is 35.4 Å². The molecule has 1 aromatic rings. The molecule has 0 saturated heterocycles. The lowest BCUT2D eigenvalue weighted by Gasteiger charge is -2.11. The van der Waals surface area contributed by atoms with Crippen LogP contribution in [0.4, 0.5) is 4.79 Å². The normalized spacial score (nSPS) is 11.9. The number of nitrogens with zero attached hydrogens (tertiary/aromatic N) is 2. The first kappa shape index (κ1) is 15.3. The van der Waals surface area contributed by atoms with E-state index in [1.165, 1.54) is 31.2 Å². The predicted octanol–water partition coefficient (Wildman–Crippen LogP) is 1.89. The Kier molecular flexibility index (Phi) is 5.33. The Morgan fingerprint density at radius 1 is 1.20 bits per heavy atom. The van der Waals surface area contributed by atoms with Gasteiger partial charge in [-0.25, -0.2) is 4.79 Å². The molecule has 1 N–H and O–H groups in total. The van der Waals surface area contributed by atoms with Gasteiger partial charge in [0.2, 0.25) is 6.23 Å². The van der Waals surface area contributed by atoms with Crippen molar-refractivity contribution < 1.29 is 23.9 Å². The number of nitrogens with one attached hydrogen (secondary N) is 1. The standard InChI is InChI=1S/C12H12N3O5/c1-7(16)20-11(14-15-12(18)19-2)9-5-3-8(4-6-9)10(13)17/h3-6,11,13H,1-2H3. The highest BCUT2D eigenvalue weighted by Gasteiger charge is 2.15. The second-order valence-electron chi connectivity index (χ2n) is 3.60. The van der Waals surface area contributed by atoms with Crippen molar-refractivity contribution in [2.24, 2.45) is 10.2 Å². The lowest BCUT2D eigenvalue weighted by molar-refractivity contribution is -0.146. The van der Waals surface area contributed by atoms with E-state index in [0.29, 0.717) is 5.56 Å². The number of hydrogen-bond acceptors (Lipinski definition) is 6. The van der Waals surface area contributed by atoms with Crippen LogP contribution in [-0.4, -0.2) is 25.1 Å². The summed E-state index contributed by atoms with van der Waals surface area (Å²) in [6.07, 6.45) is -2.05. The van der Waals surface area contributed by atoms with Gasteiger partial charge in [0, 0.05) is 18.1 Å². The van der Waals surface area contributed by atoms with Crippen LogP contribution in [0, 0.1) is 0 Å². The van der Waals surface area contributed by atoms with Crippen molar-refractivity contribution >= 4 is 18.0 Å². The predicted molar refractivity (Wildman–Crippen MR) is 65.6 cm³/mol. The molecule has 1 atom stereocenters. The fourth-order valence-electron chi connectivity index (χ4n) is 1.26. The molecule has 1 unspecified atom stereocenters. The number of ether oxygens (including phenoxy) is 2. The third kappa shape index (κ3) is 4.48. The third-order valence-electron chi connectivity index (χ3n) is 2.15. The number of benzene rings is 1. The maximum Gasteiger partial charge on any atom is 0.451 e. The van der Waals surface area contributed by atoms with Crippen LogP contribution in [0.5, 0.6) is 0 Å². The monoisotopic (exact) mass is 278 g/mol. The van der Waals surface area contributed by atoms with Gasteiger partial charge in [-0.3, -0.25) is 15.3 Å². The summed E-state index contributed by atoms with van der Waals surface area (Å²) in [5, 5.41) is 6.77. The molecule has 0 heterocycles. The van der Waals surface area contributed by atoms with E-state index in [1.807, 2.05) is 0 Å². The molecule has 20 heavy (non-hydrogen) atoms. The smallest absolute Gasteiger partial charge is 0.450 e. The molecule has 2 amide bonds. The van der Waals surface area contributed by atoms with E-state index in [9.17, 15) is 14.4 Å². The van der Waals surface area contributed by atoms with Gasteiger partial charge in [0.05, 0.1) is 7.11 Å². The maximum absolute atomic E-state index is 11.0. The Hall–Kier alpha value is -2.77. The van der Waals surface area contributed by atoms with Crippen molar-refractivity contribution in [1.82, 2.24) is 5.73 Å². The molecule has 0 aliphatic carbocycles. The Bertz CT molecular complexity index is 539.